The van der Waals surface area contributed by atoms with Crippen molar-refractivity contribution in [1.82, 2.24) is 4.90 Å². The Bertz CT molecular complexity index is 909. The highest BCUT2D eigenvalue weighted by Gasteiger charge is 2.21. The van der Waals surface area contributed by atoms with Crippen LogP contribution in [-0.2, 0) is 25.4 Å². The fourth-order valence-corrected chi connectivity index (χ4v) is 3.26. The number of esters is 2. The average Bonchev–Trinajstić information content (AvgIpc) is 2.86. The largest absolute Gasteiger partial charge is 0.465 e. The Balaban J connectivity index is 2.28. The number of hydrogen-bond donors (Lipinski definition) is 1. The number of anilines is 1. The summed E-state index contributed by atoms with van der Waals surface area (Å²) in [5.74, 6) is -1.29. The third-order valence-electron chi connectivity index (χ3n) is 4.90. The van der Waals surface area contributed by atoms with Crippen molar-refractivity contribution >= 4 is 23.7 Å². The number of nitrogens with one attached hydrogen (secondary N) is 1. The van der Waals surface area contributed by atoms with E-state index in [2.05, 4.69) is 5.32 Å². The molecule has 184 valence electrons. The molecule has 34 heavy (non-hydrogen) atoms. The zero-order valence-electron chi connectivity index (χ0n) is 20.0. The van der Waals surface area contributed by atoms with Crippen molar-refractivity contribution in [2.75, 3.05) is 45.8 Å². The van der Waals surface area contributed by atoms with Crippen molar-refractivity contribution in [3.63, 3.8) is 0 Å². The summed E-state index contributed by atoms with van der Waals surface area (Å²) in [6, 6.07) is 13.6. The molecule has 0 saturated carbocycles. The molecule has 1 N–H and O–H groups in total. The molecular weight excluding hydrogens is 440 g/mol. The minimum absolute atomic E-state index is 0.109. The first-order chi connectivity index (χ1) is 16.4. The van der Waals surface area contributed by atoms with E-state index in [4.69, 9.17) is 18.9 Å². The second kappa shape index (κ2) is 14.0. The topological polar surface area (TPSA) is 103 Å². The van der Waals surface area contributed by atoms with Gasteiger partial charge in [-0.1, -0.05) is 30.3 Å². The Morgan fingerprint density at radius 1 is 0.882 bits per heavy atom. The van der Waals surface area contributed by atoms with Crippen molar-refractivity contribution in [3.8, 4) is 0 Å². The van der Waals surface area contributed by atoms with E-state index in [1.807, 2.05) is 44.2 Å². The molecule has 0 bridgehead atoms. The van der Waals surface area contributed by atoms with E-state index in [0.717, 1.165) is 5.56 Å². The Labute approximate surface area is 199 Å². The SMILES string of the molecule is CCOC(CN(CCc1ccccc1)C(=O)Nc1cc(C(=O)OC)cc(C(=O)OC)c1)OCC. The first-order valence-electron chi connectivity index (χ1n) is 11.1. The molecule has 0 saturated heterocycles. The summed E-state index contributed by atoms with van der Waals surface area (Å²) in [5.41, 5.74) is 1.55. The van der Waals surface area contributed by atoms with Crippen molar-refractivity contribution in [1.29, 1.82) is 0 Å². The number of urea groups is 1. The first-order valence-corrected chi connectivity index (χ1v) is 11.1. The maximum absolute atomic E-state index is 13.3. The van der Waals surface area contributed by atoms with Gasteiger partial charge in [-0.15, -0.1) is 0 Å². The van der Waals surface area contributed by atoms with E-state index >= 15 is 0 Å². The molecule has 0 aliphatic carbocycles. The van der Waals surface area contributed by atoms with Crippen LogP contribution in [0.1, 0.15) is 40.1 Å². The van der Waals surface area contributed by atoms with Crippen LogP contribution < -0.4 is 5.32 Å². The van der Waals surface area contributed by atoms with Gasteiger partial charge in [0, 0.05) is 25.4 Å². The maximum atomic E-state index is 13.3. The van der Waals surface area contributed by atoms with Crippen LogP contribution in [-0.4, -0.2) is 69.7 Å². The Kier molecular flexibility index (Phi) is 11.0. The smallest absolute Gasteiger partial charge is 0.337 e. The molecule has 2 rings (SSSR count). The van der Waals surface area contributed by atoms with Gasteiger partial charge >= 0.3 is 18.0 Å². The Hall–Kier alpha value is -3.43. The maximum Gasteiger partial charge on any atom is 0.337 e. The molecule has 2 aromatic rings. The number of benzene rings is 2. The molecule has 0 unspecified atom stereocenters. The molecule has 0 heterocycles. The summed E-state index contributed by atoms with van der Waals surface area (Å²) >= 11 is 0. The second-order valence-corrected chi connectivity index (χ2v) is 7.23. The molecule has 0 spiro atoms. The Morgan fingerprint density at radius 3 is 1.94 bits per heavy atom. The van der Waals surface area contributed by atoms with Crippen LogP contribution >= 0.6 is 0 Å². The van der Waals surface area contributed by atoms with E-state index in [9.17, 15) is 14.4 Å². The predicted octanol–water partition coefficient (Wildman–Crippen LogP) is 3.74. The van der Waals surface area contributed by atoms with Gasteiger partial charge in [0.2, 0.25) is 0 Å². The lowest BCUT2D eigenvalue weighted by Crippen LogP contribution is -2.43. The molecular formula is C25H32N2O7. The van der Waals surface area contributed by atoms with E-state index in [1.165, 1.54) is 32.4 Å². The van der Waals surface area contributed by atoms with Crippen LogP contribution in [0.15, 0.2) is 48.5 Å². The minimum Gasteiger partial charge on any atom is -0.465 e. The molecule has 0 aromatic heterocycles. The van der Waals surface area contributed by atoms with Crippen molar-refractivity contribution < 1.29 is 33.3 Å². The highest BCUT2D eigenvalue weighted by molar-refractivity contribution is 5.99. The summed E-state index contributed by atoms with van der Waals surface area (Å²) in [6.07, 6.45) is 0.0260. The first kappa shape index (κ1) is 26.8. The monoisotopic (exact) mass is 472 g/mol. The second-order valence-electron chi connectivity index (χ2n) is 7.23. The van der Waals surface area contributed by atoms with Gasteiger partial charge in [0.05, 0.1) is 31.9 Å². The number of hydrogen-bond acceptors (Lipinski definition) is 7. The highest BCUT2D eigenvalue weighted by atomic mass is 16.7. The molecule has 0 radical (unpaired) electrons. The van der Waals surface area contributed by atoms with E-state index in [1.54, 1.807) is 4.90 Å². The summed E-state index contributed by atoms with van der Waals surface area (Å²) in [6.45, 7) is 5.17. The number of nitrogens with zero attached hydrogens (tertiary/aromatic N) is 1. The normalized spacial score (nSPS) is 10.6. The standard InChI is InChI=1S/C25H32N2O7/c1-5-33-22(34-6-2)17-27(13-12-18-10-8-7-9-11-18)25(30)26-21-15-19(23(28)31-3)14-20(16-21)24(29)32-4/h7-11,14-16,22H,5-6,12-13,17H2,1-4H3,(H,26,30). The fourth-order valence-electron chi connectivity index (χ4n) is 3.26. The summed E-state index contributed by atoms with van der Waals surface area (Å²) in [5, 5.41) is 2.77. The molecule has 9 nitrogen and oxygen atoms in total. The van der Waals surface area contributed by atoms with E-state index in [-0.39, 0.29) is 23.4 Å². The Morgan fingerprint density at radius 2 is 1.44 bits per heavy atom. The van der Waals surface area contributed by atoms with Gasteiger partial charge in [-0.3, -0.25) is 0 Å². The van der Waals surface area contributed by atoms with Gasteiger partial charge < -0.3 is 29.2 Å². The molecule has 9 heteroatoms. The minimum atomic E-state index is -0.644. The average molecular weight is 473 g/mol. The van der Waals surface area contributed by atoms with Crippen LogP contribution in [0, 0.1) is 0 Å². The predicted molar refractivity (Wildman–Crippen MR) is 127 cm³/mol. The number of amides is 2. The third kappa shape index (κ3) is 8.17. The number of carbonyl (C=O) groups is 3. The molecule has 0 aliphatic heterocycles. The number of rotatable bonds is 12. The van der Waals surface area contributed by atoms with E-state index in [0.29, 0.717) is 26.2 Å². The van der Waals surface area contributed by atoms with Gasteiger partial charge in [0.25, 0.3) is 0 Å². The van der Waals surface area contributed by atoms with E-state index < -0.39 is 24.3 Å². The van der Waals surface area contributed by atoms with Crippen molar-refractivity contribution in [2.45, 2.75) is 26.6 Å². The van der Waals surface area contributed by atoms with Gasteiger partial charge in [-0.25, -0.2) is 14.4 Å². The molecule has 2 aromatic carbocycles. The molecule has 2 amide bonds. The van der Waals surface area contributed by atoms with Gasteiger partial charge in [0.15, 0.2) is 6.29 Å². The summed E-state index contributed by atoms with van der Waals surface area (Å²) in [4.78, 5) is 39.0. The van der Waals surface area contributed by atoms with Crippen LogP contribution in [0.2, 0.25) is 0 Å². The molecule has 0 aliphatic rings. The van der Waals surface area contributed by atoms with Gasteiger partial charge in [-0.2, -0.15) is 0 Å². The highest BCUT2D eigenvalue weighted by Crippen LogP contribution is 2.18. The molecule has 0 fully saturated rings. The molecule has 0 atom stereocenters. The van der Waals surface area contributed by atoms with Crippen molar-refractivity contribution in [3.05, 3.63) is 65.2 Å². The quantitative estimate of drug-likeness (QED) is 0.371. The van der Waals surface area contributed by atoms with Crippen LogP contribution in [0.4, 0.5) is 10.5 Å². The zero-order valence-corrected chi connectivity index (χ0v) is 20.0. The van der Waals surface area contributed by atoms with Crippen LogP contribution in [0.3, 0.4) is 0 Å². The fraction of sp³-hybridized carbons (Fsp3) is 0.400. The number of carbonyl (C=O) groups excluding carboxylic acids is 3. The van der Waals surface area contributed by atoms with Gasteiger partial charge in [-0.05, 0) is 44.0 Å². The lowest BCUT2D eigenvalue weighted by Gasteiger charge is -2.28. The number of ether oxygens (including phenoxy) is 4. The summed E-state index contributed by atoms with van der Waals surface area (Å²) in [7, 11) is 2.47. The van der Waals surface area contributed by atoms with Gasteiger partial charge in [0.1, 0.15) is 0 Å². The number of methoxy groups -OCH3 is 2. The van der Waals surface area contributed by atoms with Crippen LogP contribution in [0.25, 0.3) is 0 Å². The zero-order chi connectivity index (χ0) is 24.9. The lowest BCUT2D eigenvalue weighted by molar-refractivity contribution is -0.142. The van der Waals surface area contributed by atoms with Crippen LogP contribution in [0.5, 0.6) is 0 Å². The summed E-state index contributed by atoms with van der Waals surface area (Å²) < 4.78 is 20.8. The van der Waals surface area contributed by atoms with Crippen molar-refractivity contribution in [2.24, 2.45) is 0 Å². The third-order valence-corrected chi connectivity index (χ3v) is 4.90. The lowest BCUT2D eigenvalue weighted by atomic mass is 10.1.